The highest BCUT2D eigenvalue weighted by Gasteiger charge is 2.02. The van der Waals surface area contributed by atoms with E-state index in [1.54, 1.807) is 11.8 Å². The molecular weight excluding hydrogens is 182 g/mol. The molecule has 0 bridgehead atoms. The molecule has 1 aromatic heterocycles. The van der Waals surface area contributed by atoms with Crippen molar-refractivity contribution >= 4 is 28.4 Å². The normalized spacial score (nSPS) is 10.8. The molecule has 0 spiro atoms. The lowest BCUT2D eigenvalue weighted by Crippen LogP contribution is -1.80. The average molecular weight is 193 g/mol. The van der Waals surface area contributed by atoms with Crippen LogP contribution in [0, 0.1) is 0 Å². The second kappa shape index (κ2) is 3.34. The van der Waals surface area contributed by atoms with E-state index >= 15 is 0 Å². The first-order chi connectivity index (χ1) is 6.29. The SMILES string of the molecule is CSCc1cc2ccc(N)cc2o1. The Hall–Kier alpha value is -1.09. The summed E-state index contributed by atoms with van der Waals surface area (Å²) < 4.78 is 5.59. The molecule has 2 N–H and O–H groups in total. The molecule has 0 aliphatic carbocycles. The van der Waals surface area contributed by atoms with E-state index in [1.165, 1.54) is 0 Å². The summed E-state index contributed by atoms with van der Waals surface area (Å²) in [4.78, 5) is 0. The van der Waals surface area contributed by atoms with Crippen molar-refractivity contribution in [2.45, 2.75) is 5.75 Å². The quantitative estimate of drug-likeness (QED) is 0.745. The molecular formula is C10H11NOS. The molecule has 1 heterocycles. The number of fused-ring (bicyclic) bond motifs is 1. The second-order valence-electron chi connectivity index (χ2n) is 2.94. The number of nitrogens with two attached hydrogens (primary N) is 1. The Balaban J connectivity index is 2.49. The van der Waals surface area contributed by atoms with Crippen LogP contribution in [0.2, 0.25) is 0 Å². The Labute approximate surface area is 81.1 Å². The lowest BCUT2D eigenvalue weighted by atomic mass is 10.2. The summed E-state index contributed by atoms with van der Waals surface area (Å²) >= 11 is 1.75. The zero-order valence-electron chi connectivity index (χ0n) is 7.41. The number of hydrogen-bond donors (Lipinski definition) is 1. The number of nitrogen functional groups attached to an aromatic ring is 1. The number of benzene rings is 1. The minimum absolute atomic E-state index is 0.748. The monoisotopic (exact) mass is 193 g/mol. The topological polar surface area (TPSA) is 39.2 Å². The number of furan rings is 1. The second-order valence-corrected chi connectivity index (χ2v) is 3.81. The minimum Gasteiger partial charge on any atom is -0.460 e. The molecule has 0 saturated heterocycles. The maximum atomic E-state index is 5.64. The molecule has 2 nitrogen and oxygen atoms in total. The zero-order chi connectivity index (χ0) is 9.26. The number of rotatable bonds is 2. The van der Waals surface area contributed by atoms with E-state index < -0.39 is 0 Å². The van der Waals surface area contributed by atoms with Gasteiger partial charge in [0.2, 0.25) is 0 Å². The summed E-state index contributed by atoms with van der Waals surface area (Å²) in [5.74, 6) is 1.92. The highest BCUT2D eigenvalue weighted by atomic mass is 32.2. The van der Waals surface area contributed by atoms with Gasteiger partial charge < -0.3 is 10.2 Å². The molecule has 68 valence electrons. The van der Waals surface area contributed by atoms with E-state index in [0.717, 1.165) is 28.2 Å². The van der Waals surface area contributed by atoms with Gasteiger partial charge in [0.1, 0.15) is 11.3 Å². The molecule has 2 aromatic rings. The fourth-order valence-corrected chi connectivity index (χ4v) is 1.74. The molecule has 1 aromatic carbocycles. The first-order valence-electron chi connectivity index (χ1n) is 4.06. The van der Waals surface area contributed by atoms with Gasteiger partial charge in [-0.25, -0.2) is 0 Å². The van der Waals surface area contributed by atoms with Crippen LogP contribution in [0.25, 0.3) is 11.0 Å². The van der Waals surface area contributed by atoms with Crippen LogP contribution in [-0.4, -0.2) is 6.26 Å². The van der Waals surface area contributed by atoms with Gasteiger partial charge in [-0.15, -0.1) is 0 Å². The molecule has 2 rings (SSSR count). The van der Waals surface area contributed by atoms with Crippen molar-refractivity contribution in [1.29, 1.82) is 0 Å². The van der Waals surface area contributed by atoms with Gasteiger partial charge >= 0.3 is 0 Å². The number of thioether (sulfide) groups is 1. The summed E-state index contributed by atoms with van der Waals surface area (Å²) in [7, 11) is 0. The van der Waals surface area contributed by atoms with Crippen LogP contribution in [0.3, 0.4) is 0 Å². The Kier molecular flexibility index (Phi) is 2.19. The van der Waals surface area contributed by atoms with Crippen molar-refractivity contribution in [2.24, 2.45) is 0 Å². The molecule has 3 heteroatoms. The van der Waals surface area contributed by atoms with Gasteiger partial charge in [0.05, 0.1) is 5.75 Å². The van der Waals surface area contributed by atoms with Crippen molar-refractivity contribution in [3.63, 3.8) is 0 Å². The van der Waals surface area contributed by atoms with Gasteiger partial charge in [-0.05, 0) is 24.5 Å². The van der Waals surface area contributed by atoms with Gasteiger partial charge in [0.15, 0.2) is 0 Å². The Bertz CT molecular complexity index is 422. The molecule has 0 atom stereocenters. The van der Waals surface area contributed by atoms with Crippen LogP contribution in [-0.2, 0) is 5.75 Å². The first kappa shape index (κ1) is 8.51. The third-order valence-corrected chi connectivity index (χ3v) is 2.45. The highest BCUT2D eigenvalue weighted by Crippen LogP contribution is 2.23. The van der Waals surface area contributed by atoms with Crippen LogP contribution in [0.1, 0.15) is 5.76 Å². The average Bonchev–Trinajstić information content (AvgIpc) is 2.46. The predicted molar refractivity (Wildman–Crippen MR) is 57.8 cm³/mol. The van der Waals surface area contributed by atoms with Crippen molar-refractivity contribution in [3.05, 3.63) is 30.0 Å². The Morgan fingerprint density at radius 1 is 1.38 bits per heavy atom. The third-order valence-electron chi connectivity index (χ3n) is 1.88. The molecule has 0 saturated carbocycles. The summed E-state index contributed by atoms with van der Waals surface area (Å²) in [6.45, 7) is 0. The van der Waals surface area contributed by atoms with Crippen molar-refractivity contribution in [2.75, 3.05) is 12.0 Å². The molecule has 0 radical (unpaired) electrons. The van der Waals surface area contributed by atoms with Crippen LogP contribution in [0.15, 0.2) is 28.7 Å². The van der Waals surface area contributed by atoms with Crippen molar-refractivity contribution < 1.29 is 4.42 Å². The van der Waals surface area contributed by atoms with Crippen LogP contribution in [0.5, 0.6) is 0 Å². The maximum Gasteiger partial charge on any atom is 0.136 e. The van der Waals surface area contributed by atoms with E-state index in [2.05, 4.69) is 12.3 Å². The summed E-state index contributed by atoms with van der Waals surface area (Å²) in [5.41, 5.74) is 7.27. The largest absolute Gasteiger partial charge is 0.460 e. The maximum absolute atomic E-state index is 5.64. The molecule has 0 aliphatic heterocycles. The Morgan fingerprint density at radius 2 is 2.23 bits per heavy atom. The van der Waals surface area contributed by atoms with E-state index in [1.807, 2.05) is 18.2 Å². The first-order valence-corrected chi connectivity index (χ1v) is 5.46. The predicted octanol–water partition coefficient (Wildman–Crippen LogP) is 2.88. The smallest absolute Gasteiger partial charge is 0.136 e. The molecule has 13 heavy (non-hydrogen) atoms. The highest BCUT2D eigenvalue weighted by molar-refractivity contribution is 7.97. The molecule has 0 fully saturated rings. The van der Waals surface area contributed by atoms with E-state index in [0.29, 0.717) is 0 Å². The summed E-state index contributed by atoms with van der Waals surface area (Å²) in [6.07, 6.45) is 2.06. The van der Waals surface area contributed by atoms with Gasteiger partial charge in [0.25, 0.3) is 0 Å². The minimum atomic E-state index is 0.748. The van der Waals surface area contributed by atoms with Gasteiger partial charge in [-0.2, -0.15) is 11.8 Å². The zero-order valence-corrected chi connectivity index (χ0v) is 8.23. The van der Waals surface area contributed by atoms with E-state index in [4.69, 9.17) is 10.2 Å². The number of anilines is 1. The van der Waals surface area contributed by atoms with Gasteiger partial charge in [-0.3, -0.25) is 0 Å². The van der Waals surface area contributed by atoms with Crippen LogP contribution in [0.4, 0.5) is 5.69 Å². The van der Waals surface area contributed by atoms with Crippen molar-refractivity contribution in [1.82, 2.24) is 0 Å². The lowest BCUT2D eigenvalue weighted by Gasteiger charge is -1.90. The van der Waals surface area contributed by atoms with E-state index in [-0.39, 0.29) is 0 Å². The standard InChI is InChI=1S/C10H11NOS/c1-13-6-9-4-7-2-3-8(11)5-10(7)12-9/h2-5H,6,11H2,1H3. The summed E-state index contributed by atoms with van der Waals surface area (Å²) in [5, 5.41) is 1.12. The fraction of sp³-hybridized carbons (Fsp3) is 0.200. The van der Waals surface area contributed by atoms with Crippen molar-refractivity contribution in [3.8, 4) is 0 Å². The fourth-order valence-electron chi connectivity index (χ4n) is 1.32. The molecule has 0 unspecified atom stereocenters. The Morgan fingerprint density at radius 3 is 3.00 bits per heavy atom. The molecule has 0 aliphatic rings. The molecule has 0 amide bonds. The van der Waals surface area contributed by atoms with Crippen LogP contribution < -0.4 is 5.73 Å². The van der Waals surface area contributed by atoms with Gasteiger partial charge in [-0.1, -0.05) is 0 Å². The van der Waals surface area contributed by atoms with Gasteiger partial charge in [0, 0.05) is 17.1 Å². The summed E-state index contributed by atoms with van der Waals surface area (Å²) in [6, 6.07) is 7.79. The third kappa shape index (κ3) is 1.65. The lowest BCUT2D eigenvalue weighted by molar-refractivity contribution is 0.574. The number of hydrogen-bond acceptors (Lipinski definition) is 3. The van der Waals surface area contributed by atoms with E-state index in [9.17, 15) is 0 Å². The van der Waals surface area contributed by atoms with Crippen LogP contribution >= 0.6 is 11.8 Å².